The lowest BCUT2D eigenvalue weighted by atomic mass is 9.95. The quantitative estimate of drug-likeness (QED) is 0.272. The third-order valence-electron chi connectivity index (χ3n) is 5.39. The van der Waals surface area contributed by atoms with Gasteiger partial charge in [0.15, 0.2) is 0 Å². The molecule has 1 aliphatic rings. The maximum atomic E-state index is 14.7. The van der Waals surface area contributed by atoms with Crippen LogP contribution in [0.5, 0.6) is 0 Å². The standard InChI is InChI=1S/C23H25FN2O6S/c1-25(2)33(30,31)16-11-9-15(10-12-16)21(27)19-20(17-7-4-5-8-18(17)24)26(13-6-14-32-3)23(29)22(19)28/h4-5,7-12,20,27H,6,13-14H2,1-3H3/b21-19+. The number of halogens is 1. The lowest BCUT2D eigenvalue weighted by Crippen LogP contribution is -2.31. The van der Waals surface area contributed by atoms with Crippen LogP contribution >= 0.6 is 0 Å². The number of hydrogen-bond acceptors (Lipinski definition) is 6. The SMILES string of the molecule is COCCCN1C(=O)C(=O)/C(=C(/O)c2ccc(S(=O)(=O)N(C)C)cc2)C1c1ccccc1F. The summed E-state index contributed by atoms with van der Waals surface area (Å²) in [6.07, 6.45) is 0.408. The van der Waals surface area contributed by atoms with Crippen LogP contribution in [0.25, 0.3) is 5.76 Å². The van der Waals surface area contributed by atoms with Crippen molar-refractivity contribution in [3.63, 3.8) is 0 Å². The molecule has 0 aromatic heterocycles. The molecule has 2 aromatic carbocycles. The van der Waals surface area contributed by atoms with Crippen LogP contribution in [0.3, 0.4) is 0 Å². The highest BCUT2D eigenvalue weighted by molar-refractivity contribution is 7.89. The van der Waals surface area contributed by atoms with Crippen LogP contribution in [0, 0.1) is 5.82 Å². The topological polar surface area (TPSA) is 104 Å². The lowest BCUT2D eigenvalue weighted by molar-refractivity contribution is -0.140. The van der Waals surface area contributed by atoms with E-state index >= 15 is 0 Å². The molecule has 1 atom stereocenters. The molecule has 1 N–H and O–H groups in total. The molecule has 0 bridgehead atoms. The van der Waals surface area contributed by atoms with Crippen molar-refractivity contribution in [3.05, 3.63) is 71.0 Å². The van der Waals surface area contributed by atoms with Gasteiger partial charge >= 0.3 is 0 Å². The third kappa shape index (κ3) is 4.68. The van der Waals surface area contributed by atoms with Gasteiger partial charge in [0.2, 0.25) is 10.0 Å². The molecule has 3 rings (SSSR count). The minimum absolute atomic E-state index is 0.00489. The number of aliphatic hydroxyl groups is 1. The molecule has 0 spiro atoms. The summed E-state index contributed by atoms with van der Waals surface area (Å²) in [5, 5.41) is 11.0. The molecule has 0 aliphatic carbocycles. The molecule has 176 valence electrons. The number of nitrogens with zero attached hydrogens (tertiary/aromatic N) is 2. The molecule has 1 amide bonds. The summed E-state index contributed by atoms with van der Waals surface area (Å²) in [6, 6.07) is 9.85. The molecule has 10 heteroatoms. The Kier molecular flexibility index (Phi) is 7.31. The number of hydrogen-bond donors (Lipinski definition) is 1. The summed E-state index contributed by atoms with van der Waals surface area (Å²) in [5.41, 5.74) is -0.0582. The second kappa shape index (κ2) is 9.82. The van der Waals surface area contributed by atoms with Crippen molar-refractivity contribution < 1.29 is 32.2 Å². The first kappa shape index (κ1) is 24.6. The number of carbonyl (C=O) groups excluding carboxylic acids is 2. The number of sulfonamides is 1. The van der Waals surface area contributed by atoms with Gasteiger partial charge in [-0.15, -0.1) is 0 Å². The molecular weight excluding hydrogens is 451 g/mol. The number of ether oxygens (including phenoxy) is 1. The Balaban J connectivity index is 2.12. The van der Waals surface area contributed by atoms with Crippen LogP contribution < -0.4 is 0 Å². The van der Waals surface area contributed by atoms with E-state index in [0.717, 1.165) is 4.31 Å². The molecule has 0 radical (unpaired) electrons. The first-order valence-corrected chi connectivity index (χ1v) is 11.6. The van der Waals surface area contributed by atoms with Crippen LogP contribution in [-0.2, 0) is 24.3 Å². The summed E-state index contributed by atoms with van der Waals surface area (Å²) in [6.45, 7) is 0.447. The number of ketones is 1. The van der Waals surface area contributed by atoms with Crippen LogP contribution in [0.4, 0.5) is 4.39 Å². The number of methoxy groups -OCH3 is 1. The van der Waals surface area contributed by atoms with Crippen molar-refractivity contribution in [1.29, 1.82) is 0 Å². The smallest absolute Gasteiger partial charge is 0.295 e. The largest absolute Gasteiger partial charge is 0.507 e. The zero-order valence-corrected chi connectivity index (χ0v) is 19.3. The average Bonchev–Trinajstić information content (AvgIpc) is 3.04. The number of likely N-dealkylation sites (tertiary alicyclic amines) is 1. The highest BCUT2D eigenvalue weighted by Crippen LogP contribution is 2.40. The molecule has 8 nitrogen and oxygen atoms in total. The fourth-order valence-corrected chi connectivity index (χ4v) is 4.56. The number of rotatable bonds is 8. The summed E-state index contributed by atoms with van der Waals surface area (Å²) < 4.78 is 45.4. The highest BCUT2D eigenvalue weighted by atomic mass is 32.2. The van der Waals surface area contributed by atoms with Gasteiger partial charge in [0.1, 0.15) is 11.6 Å². The summed E-state index contributed by atoms with van der Waals surface area (Å²) in [7, 11) is 0.592. The van der Waals surface area contributed by atoms with Gasteiger partial charge in [0, 0.05) is 45.5 Å². The van der Waals surface area contributed by atoms with E-state index in [1.165, 1.54) is 68.6 Å². The van der Waals surface area contributed by atoms with Gasteiger partial charge in [-0.1, -0.05) is 18.2 Å². The predicted octanol–water partition coefficient (Wildman–Crippen LogP) is 2.53. The van der Waals surface area contributed by atoms with Gasteiger partial charge in [-0.25, -0.2) is 17.1 Å². The molecule has 1 fully saturated rings. The Hall–Kier alpha value is -3.08. The highest BCUT2D eigenvalue weighted by Gasteiger charge is 2.46. The van der Waals surface area contributed by atoms with Gasteiger partial charge in [-0.3, -0.25) is 9.59 Å². The Bertz CT molecular complexity index is 1190. The number of amides is 1. The van der Waals surface area contributed by atoms with Crippen molar-refractivity contribution in [2.24, 2.45) is 0 Å². The fourth-order valence-electron chi connectivity index (χ4n) is 3.66. The fraction of sp³-hybridized carbons (Fsp3) is 0.304. The Morgan fingerprint density at radius 2 is 1.76 bits per heavy atom. The molecule has 0 saturated carbocycles. The number of Topliss-reactive ketones (excluding diaryl/α,β-unsaturated/α-hetero) is 1. The number of benzene rings is 2. The van der Waals surface area contributed by atoms with E-state index < -0.39 is 39.3 Å². The van der Waals surface area contributed by atoms with Gasteiger partial charge < -0.3 is 14.7 Å². The molecule has 1 heterocycles. The summed E-state index contributed by atoms with van der Waals surface area (Å²) in [5.74, 6) is -2.93. The normalized spacial score (nSPS) is 18.3. The Labute approximate surface area is 191 Å². The van der Waals surface area contributed by atoms with Crippen LogP contribution in [0.2, 0.25) is 0 Å². The zero-order chi connectivity index (χ0) is 24.3. The average molecular weight is 477 g/mol. The molecule has 1 unspecified atom stereocenters. The van der Waals surface area contributed by atoms with Crippen molar-refractivity contribution in [1.82, 2.24) is 9.21 Å². The first-order valence-electron chi connectivity index (χ1n) is 10.2. The van der Waals surface area contributed by atoms with E-state index in [-0.39, 0.29) is 28.1 Å². The summed E-state index contributed by atoms with van der Waals surface area (Å²) >= 11 is 0. The molecule has 1 aliphatic heterocycles. The van der Waals surface area contributed by atoms with Crippen molar-refractivity contribution >= 4 is 27.5 Å². The maximum Gasteiger partial charge on any atom is 0.295 e. The van der Waals surface area contributed by atoms with Gasteiger partial charge in [-0.2, -0.15) is 0 Å². The minimum atomic E-state index is -3.69. The second-order valence-electron chi connectivity index (χ2n) is 7.67. The van der Waals surface area contributed by atoms with Crippen LogP contribution in [0.15, 0.2) is 59.0 Å². The summed E-state index contributed by atoms with van der Waals surface area (Å²) in [4.78, 5) is 26.9. The molecule has 33 heavy (non-hydrogen) atoms. The first-order chi connectivity index (χ1) is 15.6. The van der Waals surface area contributed by atoms with Crippen molar-refractivity contribution in [2.75, 3.05) is 34.4 Å². The second-order valence-corrected chi connectivity index (χ2v) is 9.82. The minimum Gasteiger partial charge on any atom is -0.507 e. The van der Waals surface area contributed by atoms with Crippen molar-refractivity contribution in [3.8, 4) is 0 Å². The molecular formula is C23H25FN2O6S. The van der Waals surface area contributed by atoms with E-state index in [1.807, 2.05) is 0 Å². The number of carbonyl (C=O) groups is 2. The predicted molar refractivity (Wildman–Crippen MR) is 119 cm³/mol. The van der Waals surface area contributed by atoms with Crippen molar-refractivity contribution in [2.45, 2.75) is 17.4 Å². The van der Waals surface area contributed by atoms with E-state index in [1.54, 1.807) is 6.07 Å². The van der Waals surface area contributed by atoms with E-state index in [0.29, 0.717) is 13.0 Å². The van der Waals surface area contributed by atoms with Gasteiger partial charge in [0.25, 0.3) is 11.7 Å². The van der Waals surface area contributed by atoms with Crippen LogP contribution in [-0.4, -0.2) is 68.8 Å². The molecule has 2 aromatic rings. The molecule has 1 saturated heterocycles. The zero-order valence-electron chi connectivity index (χ0n) is 18.5. The van der Waals surface area contributed by atoms with E-state index in [4.69, 9.17) is 4.74 Å². The number of aliphatic hydroxyl groups excluding tert-OH is 1. The van der Waals surface area contributed by atoms with E-state index in [2.05, 4.69) is 0 Å². The third-order valence-corrected chi connectivity index (χ3v) is 7.22. The Morgan fingerprint density at radius 1 is 1.12 bits per heavy atom. The van der Waals surface area contributed by atoms with E-state index in [9.17, 15) is 27.5 Å². The lowest BCUT2D eigenvalue weighted by Gasteiger charge is -2.25. The van der Waals surface area contributed by atoms with Gasteiger partial charge in [0.05, 0.1) is 16.5 Å². The Morgan fingerprint density at radius 3 is 2.33 bits per heavy atom. The monoisotopic (exact) mass is 476 g/mol. The maximum absolute atomic E-state index is 14.7. The van der Waals surface area contributed by atoms with Gasteiger partial charge in [-0.05, 0) is 36.8 Å². The van der Waals surface area contributed by atoms with Crippen LogP contribution in [0.1, 0.15) is 23.6 Å².